The zero-order valence-electron chi connectivity index (χ0n) is 12.8. The van der Waals surface area contributed by atoms with Crippen molar-refractivity contribution in [2.75, 3.05) is 39.2 Å². The minimum absolute atomic E-state index is 0. The van der Waals surface area contributed by atoms with Crippen LogP contribution < -0.4 is 9.47 Å². The second-order valence-electron chi connectivity index (χ2n) is 4.45. The van der Waals surface area contributed by atoms with Gasteiger partial charge in [-0.15, -0.1) is 30.6 Å². The molecule has 1 aromatic carbocycles. The van der Waals surface area contributed by atoms with E-state index in [1.54, 1.807) is 7.11 Å². The van der Waals surface area contributed by atoms with Crippen molar-refractivity contribution in [3.05, 3.63) is 36.4 Å². The van der Waals surface area contributed by atoms with Crippen LogP contribution in [-0.2, 0) is 6.42 Å². The Labute approximate surface area is 139 Å². The number of rotatable bonds is 10. The van der Waals surface area contributed by atoms with Crippen LogP contribution in [0.1, 0.15) is 12.5 Å². The first-order valence-corrected chi connectivity index (χ1v) is 7.47. The van der Waals surface area contributed by atoms with Crippen LogP contribution in [0.15, 0.2) is 30.9 Å². The van der Waals surface area contributed by atoms with Crippen molar-refractivity contribution in [3.8, 4) is 11.5 Å². The quantitative estimate of drug-likeness (QED) is 0.480. The van der Waals surface area contributed by atoms with E-state index in [4.69, 9.17) is 21.1 Å². The highest BCUT2D eigenvalue weighted by atomic mass is 35.5. The molecule has 0 heterocycles. The van der Waals surface area contributed by atoms with Crippen LogP contribution in [0.4, 0.5) is 0 Å². The van der Waals surface area contributed by atoms with E-state index in [9.17, 15) is 0 Å². The summed E-state index contributed by atoms with van der Waals surface area (Å²) in [6.45, 7) is 9.22. The smallest absolute Gasteiger partial charge is 0.161 e. The standard InChI is InChI=1S/C16H24ClNO2.ClH/c1-4-6-14-7-8-15(16(13-14)19-3)20-12-11-18(5-2)10-9-17;/h4,7-8,13H,1,5-6,9-12H2,2-3H3;1H. The van der Waals surface area contributed by atoms with E-state index >= 15 is 0 Å². The van der Waals surface area contributed by atoms with Crippen LogP contribution >= 0.6 is 24.0 Å². The number of ether oxygens (including phenoxy) is 2. The number of alkyl halides is 1. The van der Waals surface area contributed by atoms with Crippen LogP contribution in [0.5, 0.6) is 11.5 Å². The van der Waals surface area contributed by atoms with Gasteiger partial charge in [0, 0.05) is 19.0 Å². The molecule has 0 spiro atoms. The van der Waals surface area contributed by atoms with Gasteiger partial charge in [-0.3, -0.25) is 4.90 Å². The highest BCUT2D eigenvalue weighted by Crippen LogP contribution is 2.28. The second-order valence-corrected chi connectivity index (χ2v) is 4.83. The first-order valence-electron chi connectivity index (χ1n) is 6.94. The predicted octanol–water partition coefficient (Wildman–Crippen LogP) is 3.79. The first kappa shape index (κ1) is 20.1. The number of methoxy groups -OCH3 is 1. The molecule has 0 bridgehead atoms. The molecule has 0 amide bonds. The molecule has 0 fully saturated rings. The Kier molecular flexibility index (Phi) is 11.2. The zero-order chi connectivity index (χ0) is 14.8. The van der Waals surface area contributed by atoms with Gasteiger partial charge in [0.15, 0.2) is 11.5 Å². The van der Waals surface area contributed by atoms with Crippen molar-refractivity contribution in [3.63, 3.8) is 0 Å². The Morgan fingerprint density at radius 1 is 1.29 bits per heavy atom. The highest BCUT2D eigenvalue weighted by Gasteiger charge is 2.07. The van der Waals surface area contributed by atoms with Gasteiger partial charge in [-0.2, -0.15) is 0 Å². The maximum Gasteiger partial charge on any atom is 0.161 e. The third-order valence-electron chi connectivity index (χ3n) is 3.12. The van der Waals surface area contributed by atoms with E-state index in [1.807, 2.05) is 24.3 Å². The molecule has 1 rings (SSSR count). The van der Waals surface area contributed by atoms with Crippen molar-refractivity contribution in [2.24, 2.45) is 0 Å². The summed E-state index contributed by atoms with van der Waals surface area (Å²) in [6, 6.07) is 5.98. The molecule has 0 N–H and O–H groups in total. The summed E-state index contributed by atoms with van der Waals surface area (Å²) in [6.07, 6.45) is 2.70. The Hall–Kier alpha value is -0.900. The summed E-state index contributed by atoms with van der Waals surface area (Å²) in [5, 5.41) is 0. The molecule has 0 unspecified atom stereocenters. The van der Waals surface area contributed by atoms with Crippen molar-refractivity contribution in [1.29, 1.82) is 0 Å². The van der Waals surface area contributed by atoms with Gasteiger partial charge in [-0.25, -0.2) is 0 Å². The molecule has 0 atom stereocenters. The predicted molar refractivity (Wildman–Crippen MR) is 92.5 cm³/mol. The topological polar surface area (TPSA) is 21.7 Å². The largest absolute Gasteiger partial charge is 0.493 e. The summed E-state index contributed by atoms with van der Waals surface area (Å²) < 4.78 is 11.2. The van der Waals surface area contributed by atoms with Gasteiger partial charge in [-0.1, -0.05) is 19.1 Å². The number of benzene rings is 1. The fraction of sp³-hybridized carbons (Fsp3) is 0.500. The van der Waals surface area contributed by atoms with Crippen molar-refractivity contribution in [2.45, 2.75) is 13.3 Å². The fourth-order valence-electron chi connectivity index (χ4n) is 1.96. The van der Waals surface area contributed by atoms with Gasteiger partial charge in [0.1, 0.15) is 6.61 Å². The number of hydrogen-bond donors (Lipinski definition) is 0. The summed E-state index contributed by atoms with van der Waals surface area (Å²) in [5.41, 5.74) is 1.17. The van der Waals surface area contributed by atoms with Crippen LogP contribution in [0.25, 0.3) is 0 Å². The minimum Gasteiger partial charge on any atom is -0.493 e. The third kappa shape index (κ3) is 7.07. The lowest BCUT2D eigenvalue weighted by atomic mass is 10.1. The molecule has 0 aliphatic rings. The molecule has 21 heavy (non-hydrogen) atoms. The minimum atomic E-state index is 0. The van der Waals surface area contributed by atoms with Gasteiger partial charge in [0.25, 0.3) is 0 Å². The Bertz CT molecular complexity index is 413. The number of nitrogens with zero attached hydrogens (tertiary/aromatic N) is 1. The average molecular weight is 334 g/mol. The number of hydrogen-bond acceptors (Lipinski definition) is 3. The molecule has 1 aromatic rings. The molecular weight excluding hydrogens is 309 g/mol. The van der Waals surface area contributed by atoms with Crippen LogP contribution in [0.3, 0.4) is 0 Å². The molecule has 0 aliphatic heterocycles. The average Bonchev–Trinajstić information content (AvgIpc) is 2.47. The van der Waals surface area contributed by atoms with Gasteiger partial charge in [-0.05, 0) is 30.7 Å². The molecule has 120 valence electrons. The van der Waals surface area contributed by atoms with Crippen LogP contribution in [0, 0.1) is 0 Å². The summed E-state index contributed by atoms with van der Waals surface area (Å²) in [7, 11) is 1.66. The Balaban J connectivity index is 0.00000400. The summed E-state index contributed by atoms with van der Waals surface area (Å²) in [5.74, 6) is 2.19. The van der Waals surface area contributed by atoms with Gasteiger partial charge in [0.05, 0.1) is 7.11 Å². The van der Waals surface area contributed by atoms with Crippen molar-refractivity contribution >= 4 is 24.0 Å². The molecule has 3 nitrogen and oxygen atoms in total. The second kappa shape index (κ2) is 11.7. The third-order valence-corrected chi connectivity index (χ3v) is 3.29. The van der Waals surface area contributed by atoms with E-state index in [1.165, 1.54) is 5.56 Å². The van der Waals surface area contributed by atoms with Gasteiger partial charge < -0.3 is 9.47 Å². The van der Waals surface area contributed by atoms with Crippen LogP contribution in [-0.4, -0.2) is 44.1 Å². The van der Waals surface area contributed by atoms with E-state index < -0.39 is 0 Å². The van der Waals surface area contributed by atoms with Gasteiger partial charge in [0.2, 0.25) is 0 Å². The van der Waals surface area contributed by atoms with E-state index in [2.05, 4.69) is 18.4 Å². The van der Waals surface area contributed by atoms with Crippen LogP contribution in [0.2, 0.25) is 0 Å². The Morgan fingerprint density at radius 2 is 2.05 bits per heavy atom. The maximum atomic E-state index is 5.80. The van der Waals surface area contributed by atoms with E-state index in [0.717, 1.165) is 37.6 Å². The van der Waals surface area contributed by atoms with E-state index in [-0.39, 0.29) is 12.4 Å². The lowest BCUT2D eigenvalue weighted by Gasteiger charge is -2.19. The molecule has 0 aromatic heterocycles. The van der Waals surface area contributed by atoms with E-state index in [0.29, 0.717) is 12.5 Å². The summed E-state index contributed by atoms with van der Waals surface area (Å²) >= 11 is 5.76. The normalized spacial score (nSPS) is 10.1. The molecular formula is C16H25Cl2NO2. The lowest BCUT2D eigenvalue weighted by molar-refractivity contribution is 0.218. The van der Waals surface area contributed by atoms with Gasteiger partial charge >= 0.3 is 0 Å². The molecule has 0 aliphatic carbocycles. The number of halogens is 2. The maximum absolute atomic E-state index is 5.80. The fourth-order valence-corrected chi connectivity index (χ4v) is 2.20. The molecule has 5 heteroatoms. The number of likely N-dealkylation sites (N-methyl/N-ethyl adjacent to an activating group) is 1. The first-order chi connectivity index (χ1) is 9.74. The SMILES string of the molecule is C=CCc1ccc(OCCN(CC)CCCl)c(OC)c1.Cl. The highest BCUT2D eigenvalue weighted by molar-refractivity contribution is 6.18. The molecule has 0 saturated heterocycles. The van der Waals surface area contributed by atoms with Crippen molar-refractivity contribution < 1.29 is 9.47 Å². The monoisotopic (exact) mass is 333 g/mol. The molecule has 0 radical (unpaired) electrons. The molecule has 0 saturated carbocycles. The lowest BCUT2D eigenvalue weighted by Crippen LogP contribution is -2.30. The zero-order valence-corrected chi connectivity index (χ0v) is 14.4. The number of allylic oxidation sites excluding steroid dienone is 1. The van der Waals surface area contributed by atoms with Crippen molar-refractivity contribution in [1.82, 2.24) is 4.90 Å². The summed E-state index contributed by atoms with van der Waals surface area (Å²) in [4.78, 5) is 2.26. The Morgan fingerprint density at radius 3 is 2.62 bits per heavy atom.